The largest absolute Gasteiger partial charge is 0.369 e. The normalized spacial score (nSPS) is 19.9. The summed E-state index contributed by atoms with van der Waals surface area (Å²) in [5.74, 6) is -0.326. The summed E-state index contributed by atoms with van der Waals surface area (Å²) in [5, 5.41) is 0.167. The maximum atomic E-state index is 14.6. The molecule has 0 aromatic heterocycles. The number of ether oxygens (including phenoxy) is 3. The fourth-order valence-corrected chi connectivity index (χ4v) is 5.66. The molecule has 1 aliphatic heterocycles. The van der Waals surface area contributed by atoms with Gasteiger partial charge in [0.1, 0.15) is 11.9 Å². The van der Waals surface area contributed by atoms with Gasteiger partial charge in [-0.25, -0.2) is 4.39 Å². The van der Waals surface area contributed by atoms with Crippen LogP contribution in [-0.2, 0) is 40.5 Å². The standard InChI is InChI=1S/C36H39ClFNO3/c1-27(20-21-31-18-11-19-32(37)35(31)38)39-22-33(40-24-28-12-5-2-6-13-28)36(42-26-30-16-9-4-10-17-30)34(23-39)41-25-29-14-7-3-8-15-29/h2-19,27,33-34,36H,20-26H2,1H3/t27?,33-,34+,36?. The second kappa shape index (κ2) is 15.4. The maximum Gasteiger partial charge on any atom is 0.144 e. The number of likely N-dealkylation sites (tertiary alicyclic amines) is 1. The molecule has 4 nitrogen and oxygen atoms in total. The SMILES string of the molecule is CC(CCc1cccc(Cl)c1F)N1C[C@H](OCc2ccccc2)C(OCc2ccccc2)[C@H](OCc2ccccc2)C1. The van der Waals surface area contributed by atoms with Gasteiger partial charge in [0.25, 0.3) is 0 Å². The lowest BCUT2D eigenvalue weighted by Crippen LogP contribution is -2.59. The Bertz CT molecular complexity index is 1300. The Labute approximate surface area is 254 Å². The van der Waals surface area contributed by atoms with E-state index in [1.54, 1.807) is 6.07 Å². The number of piperidine rings is 1. The van der Waals surface area contributed by atoms with Gasteiger partial charge in [-0.05, 0) is 48.1 Å². The second-order valence-corrected chi connectivity index (χ2v) is 11.4. The highest BCUT2D eigenvalue weighted by Gasteiger charge is 2.40. The fraction of sp³-hybridized carbons (Fsp3) is 0.333. The van der Waals surface area contributed by atoms with E-state index in [-0.39, 0.29) is 35.2 Å². The number of rotatable bonds is 13. The molecule has 0 spiro atoms. The Balaban J connectivity index is 1.34. The number of nitrogens with zero attached hydrogens (tertiary/aromatic N) is 1. The van der Waals surface area contributed by atoms with Crippen LogP contribution in [-0.4, -0.2) is 42.3 Å². The first-order valence-corrected chi connectivity index (χ1v) is 15.1. The number of hydrogen-bond donors (Lipinski definition) is 0. The van der Waals surface area contributed by atoms with Crippen LogP contribution in [0.3, 0.4) is 0 Å². The summed E-state index contributed by atoms with van der Waals surface area (Å²) < 4.78 is 34.4. The molecule has 5 rings (SSSR count). The molecule has 0 amide bonds. The van der Waals surface area contributed by atoms with E-state index in [4.69, 9.17) is 25.8 Å². The van der Waals surface area contributed by atoms with Crippen molar-refractivity contribution >= 4 is 11.6 Å². The van der Waals surface area contributed by atoms with Crippen LogP contribution in [0.2, 0.25) is 5.02 Å². The van der Waals surface area contributed by atoms with E-state index in [0.717, 1.165) is 23.1 Å². The van der Waals surface area contributed by atoms with Crippen molar-refractivity contribution in [3.8, 4) is 0 Å². The average Bonchev–Trinajstić information content (AvgIpc) is 3.04. The minimum atomic E-state index is -0.326. The smallest absolute Gasteiger partial charge is 0.144 e. The van der Waals surface area contributed by atoms with Gasteiger partial charge < -0.3 is 14.2 Å². The first kappa shape index (κ1) is 30.4. The summed E-state index contributed by atoms with van der Waals surface area (Å²) >= 11 is 6.04. The summed E-state index contributed by atoms with van der Waals surface area (Å²) in [5.41, 5.74) is 3.98. The lowest BCUT2D eigenvalue weighted by Gasteiger charge is -2.45. The Morgan fingerprint density at radius 2 is 1.17 bits per heavy atom. The van der Waals surface area contributed by atoms with Gasteiger partial charge in [0.2, 0.25) is 0 Å². The summed E-state index contributed by atoms with van der Waals surface area (Å²) in [7, 11) is 0. The molecule has 220 valence electrons. The zero-order chi connectivity index (χ0) is 29.1. The van der Waals surface area contributed by atoms with Crippen molar-refractivity contribution in [1.29, 1.82) is 0 Å². The van der Waals surface area contributed by atoms with Crippen LogP contribution >= 0.6 is 11.6 Å². The minimum Gasteiger partial charge on any atom is -0.369 e. The maximum absolute atomic E-state index is 14.6. The van der Waals surface area contributed by atoms with Crippen LogP contribution in [0.1, 0.15) is 35.6 Å². The van der Waals surface area contributed by atoms with Crippen LogP contribution in [0.25, 0.3) is 0 Å². The van der Waals surface area contributed by atoms with Gasteiger partial charge in [-0.15, -0.1) is 0 Å². The number of hydrogen-bond acceptors (Lipinski definition) is 4. The topological polar surface area (TPSA) is 30.9 Å². The van der Waals surface area contributed by atoms with Crippen molar-refractivity contribution in [2.75, 3.05) is 13.1 Å². The highest BCUT2D eigenvalue weighted by molar-refractivity contribution is 6.30. The van der Waals surface area contributed by atoms with E-state index in [9.17, 15) is 4.39 Å². The molecule has 0 N–H and O–H groups in total. The zero-order valence-electron chi connectivity index (χ0n) is 24.1. The molecular weight excluding hydrogens is 549 g/mol. The molecule has 0 aliphatic carbocycles. The van der Waals surface area contributed by atoms with Crippen LogP contribution in [0.15, 0.2) is 109 Å². The molecule has 1 aliphatic rings. The third-order valence-corrected chi connectivity index (χ3v) is 8.24. The monoisotopic (exact) mass is 587 g/mol. The predicted molar refractivity (Wildman–Crippen MR) is 166 cm³/mol. The summed E-state index contributed by atoms with van der Waals surface area (Å²) in [4.78, 5) is 2.40. The Morgan fingerprint density at radius 1 is 0.690 bits per heavy atom. The molecule has 6 heteroatoms. The predicted octanol–water partition coefficient (Wildman–Crippen LogP) is 7.87. The molecule has 1 heterocycles. The van der Waals surface area contributed by atoms with Crippen LogP contribution in [0.5, 0.6) is 0 Å². The first-order chi connectivity index (χ1) is 20.6. The van der Waals surface area contributed by atoms with Crippen LogP contribution in [0, 0.1) is 5.82 Å². The van der Waals surface area contributed by atoms with Gasteiger partial charge in [-0.3, -0.25) is 4.90 Å². The van der Waals surface area contributed by atoms with Gasteiger partial charge in [-0.1, -0.05) is 115 Å². The lowest BCUT2D eigenvalue weighted by molar-refractivity contribution is -0.188. The van der Waals surface area contributed by atoms with Crippen molar-refractivity contribution in [2.24, 2.45) is 0 Å². The third-order valence-electron chi connectivity index (χ3n) is 7.95. The van der Waals surface area contributed by atoms with Gasteiger partial charge in [0, 0.05) is 19.1 Å². The van der Waals surface area contributed by atoms with E-state index in [1.807, 2.05) is 66.7 Å². The molecule has 2 unspecified atom stereocenters. The summed E-state index contributed by atoms with van der Waals surface area (Å²) in [6, 6.07) is 36.0. The highest BCUT2D eigenvalue weighted by atomic mass is 35.5. The van der Waals surface area contributed by atoms with Crippen molar-refractivity contribution in [3.05, 3.63) is 142 Å². The van der Waals surface area contributed by atoms with E-state index < -0.39 is 0 Å². The van der Waals surface area contributed by atoms with E-state index in [2.05, 4.69) is 48.2 Å². The van der Waals surface area contributed by atoms with Crippen molar-refractivity contribution in [3.63, 3.8) is 0 Å². The quantitative estimate of drug-likeness (QED) is 0.159. The number of aryl methyl sites for hydroxylation is 1. The highest BCUT2D eigenvalue weighted by Crippen LogP contribution is 2.27. The summed E-state index contributed by atoms with van der Waals surface area (Å²) in [6.45, 7) is 5.02. The molecule has 0 saturated carbocycles. The van der Waals surface area contributed by atoms with Gasteiger partial charge >= 0.3 is 0 Å². The van der Waals surface area contributed by atoms with Crippen LogP contribution in [0.4, 0.5) is 4.39 Å². The molecule has 4 aromatic carbocycles. The molecule has 42 heavy (non-hydrogen) atoms. The van der Waals surface area contributed by atoms with E-state index in [0.29, 0.717) is 44.9 Å². The third kappa shape index (κ3) is 8.50. The molecule has 4 aromatic rings. The van der Waals surface area contributed by atoms with Crippen molar-refractivity contribution < 1.29 is 18.6 Å². The Kier molecular flexibility index (Phi) is 11.2. The van der Waals surface area contributed by atoms with E-state index in [1.165, 1.54) is 0 Å². The first-order valence-electron chi connectivity index (χ1n) is 14.7. The van der Waals surface area contributed by atoms with Gasteiger partial charge in [-0.2, -0.15) is 0 Å². The van der Waals surface area contributed by atoms with Crippen LogP contribution < -0.4 is 0 Å². The molecule has 0 radical (unpaired) electrons. The number of benzene rings is 4. The van der Waals surface area contributed by atoms with Gasteiger partial charge in [0.15, 0.2) is 0 Å². The Morgan fingerprint density at radius 3 is 1.67 bits per heavy atom. The molecular formula is C36H39ClFNO3. The fourth-order valence-electron chi connectivity index (χ4n) is 5.46. The van der Waals surface area contributed by atoms with Crippen molar-refractivity contribution in [1.82, 2.24) is 4.90 Å². The molecule has 1 saturated heterocycles. The lowest BCUT2D eigenvalue weighted by atomic mass is 9.97. The molecule has 1 fully saturated rings. The summed E-state index contributed by atoms with van der Waals surface area (Å²) in [6.07, 6.45) is 0.696. The van der Waals surface area contributed by atoms with E-state index >= 15 is 0 Å². The Hall–Kier alpha value is -3.06. The number of halogens is 2. The van der Waals surface area contributed by atoms with Crippen molar-refractivity contribution in [2.45, 2.75) is 63.9 Å². The average molecular weight is 588 g/mol. The molecule has 0 bridgehead atoms. The molecule has 4 atom stereocenters. The minimum absolute atomic E-state index is 0.167. The van der Waals surface area contributed by atoms with Gasteiger partial charge in [0.05, 0.1) is 37.1 Å². The second-order valence-electron chi connectivity index (χ2n) is 11.0. The zero-order valence-corrected chi connectivity index (χ0v) is 24.8.